The molecule has 0 spiro atoms. The Morgan fingerprint density at radius 1 is 1.05 bits per heavy atom. The zero-order valence-corrected chi connectivity index (χ0v) is 13.6. The Morgan fingerprint density at radius 2 is 1.67 bits per heavy atom. The van der Waals surface area contributed by atoms with Crippen LogP contribution < -0.4 is 0 Å². The van der Waals surface area contributed by atoms with Crippen molar-refractivity contribution in [2.24, 2.45) is 5.92 Å². The lowest BCUT2D eigenvalue weighted by Gasteiger charge is -2.14. The van der Waals surface area contributed by atoms with Gasteiger partial charge in [0, 0.05) is 0 Å². The van der Waals surface area contributed by atoms with Gasteiger partial charge in [-0.2, -0.15) is 0 Å². The second-order valence-corrected chi connectivity index (χ2v) is 6.08. The van der Waals surface area contributed by atoms with Gasteiger partial charge in [0.2, 0.25) is 0 Å². The molecule has 0 aromatic heterocycles. The molecule has 0 aliphatic heterocycles. The molecule has 0 radical (unpaired) electrons. The van der Waals surface area contributed by atoms with E-state index in [0.29, 0.717) is 6.42 Å². The van der Waals surface area contributed by atoms with Crippen LogP contribution in [0.2, 0.25) is 0 Å². The van der Waals surface area contributed by atoms with Crippen molar-refractivity contribution in [1.29, 1.82) is 0 Å². The molecule has 0 heterocycles. The summed E-state index contributed by atoms with van der Waals surface area (Å²) < 4.78 is 0. The van der Waals surface area contributed by atoms with Gasteiger partial charge in [0.1, 0.15) is 0 Å². The number of aryl methyl sites for hydroxylation is 1. The quantitative estimate of drug-likeness (QED) is 0.556. The third kappa shape index (κ3) is 7.31. The fourth-order valence-corrected chi connectivity index (χ4v) is 2.77. The van der Waals surface area contributed by atoms with E-state index in [1.807, 2.05) is 12.1 Å². The summed E-state index contributed by atoms with van der Waals surface area (Å²) in [4.78, 5) is 11.4. The van der Waals surface area contributed by atoms with Crippen molar-refractivity contribution in [2.75, 3.05) is 0 Å². The van der Waals surface area contributed by atoms with Gasteiger partial charge in [-0.1, -0.05) is 76.1 Å². The van der Waals surface area contributed by atoms with Crippen molar-refractivity contribution in [2.45, 2.75) is 71.6 Å². The predicted molar refractivity (Wildman–Crippen MR) is 88.6 cm³/mol. The van der Waals surface area contributed by atoms with E-state index < -0.39 is 5.97 Å². The van der Waals surface area contributed by atoms with Gasteiger partial charge in [0.15, 0.2) is 0 Å². The molecule has 118 valence electrons. The van der Waals surface area contributed by atoms with Crippen molar-refractivity contribution >= 4 is 5.97 Å². The number of carboxylic acid groups (broad SMARTS) is 1. The van der Waals surface area contributed by atoms with E-state index in [1.54, 1.807) is 0 Å². The van der Waals surface area contributed by atoms with Gasteiger partial charge in [-0.05, 0) is 30.9 Å². The SMILES string of the molecule is CCCCCCCCCC(Cc1ccccc1C)C(=O)O. The van der Waals surface area contributed by atoms with Crippen LogP contribution in [-0.4, -0.2) is 11.1 Å². The Bertz CT molecular complexity index is 412. The monoisotopic (exact) mass is 290 g/mol. The minimum Gasteiger partial charge on any atom is -0.481 e. The van der Waals surface area contributed by atoms with Gasteiger partial charge in [-0.25, -0.2) is 0 Å². The second-order valence-electron chi connectivity index (χ2n) is 6.08. The first-order valence-corrected chi connectivity index (χ1v) is 8.42. The van der Waals surface area contributed by atoms with E-state index in [2.05, 4.69) is 26.0 Å². The molecule has 21 heavy (non-hydrogen) atoms. The molecule has 2 heteroatoms. The zero-order valence-electron chi connectivity index (χ0n) is 13.6. The van der Waals surface area contributed by atoms with E-state index in [1.165, 1.54) is 49.7 Å². The fourth-order valence-electron chi connectivity index (χ4n) is 2.77. The summed E-state index contributed by atoms with van der Waals surface area (Å²) in [6, 6.07) is 8.11. The van der Waals surface area contributed by atoms with E-state index in [-0.39, 0.29) is 5.92 Å². The molecular weight excluding hydrogens is 260 g/mol. The molecular formula is C19H30O2. The molecule has 0 saturated carbocycles. The topological polar surface area (TPSA) is 37.3 Å². The highest BCUT2D eigenvalue weighted by Crippen LogP contribution is 2.19. The van der Waals surface area contributed by atoms with Crippen LogP contribution in [0.15, 0.2) is 24.3 Å². The van der Waals surface area contributed by atoms with E-state index in [9.17, 15) is 9.90 Å². The lowest BCUT2D eigenvalue weighted by molar-refractivity contribution is -0.142. The van der Waals surface area contributed by atoms with Crippen LogP contribution in [-0.2, 0) is 11.2 Å². The van der Waals surface area contributed by atoms with Gasteiger partial charge >= 0.3 is 5.97 Å². The fraction of sp³-hybridized carbons (Fsp3) is 0.632. The highest BCUT2D eigenvalue weighted by Gasteiger charge is 2.18. The van der Waals surface area contributed by atoms with Gasteiger partial charge in [-0.15, -0.1) is 0 Å². The van der Waals surface area contributed by atoms with Crippen LogP contribution in [0.3, 0.4) is 0 Å². The van der Waals surface area contributed by atoms with Crippen LogP contribution in [0.5, 0.6) is 0 Å². The predicted octanol–water partition coefficient (Wildman–Crippen LogP) is 5.38. The van der Waals surface area contributed by atoms with Crippen molar-refractivity contribution < 1.29 is 9.90 Å². The maximum atomic E-state index is 11.4. The Hall–Kier alpha value is -1.31. The number of carbonyl (C=O) groups is 1. The molecule has 1 aromatic rings. The number of carboxylic acids is 1. The molecule has 1 unspecified atom stereocenters. The summed E-state index contributed by atoms with van der Waals surface area (Å²) in [7, 11) is 0. The molecule has 0 fully saturated rings. The normalized spacial score (nSPS) is 12.3. The average Bonchev–Trinajstić information content (AvgIpc) is 2.46. The van der Waals surface area contributed by atoms with Gasteiger partial charge < -0.3 is 5.11 Å². The summed E-state index contributed by atoms with van der Waals surface area (Å²) in [6.45, 7) is 4.28. The van der Waals surface area contributed by atoms with Crippen LogP contribution in [0.1, 0.15) is 69.4 Å². The summed E-state index contributed by atoms with van der Waals surface area (Å²) >= 11 is 0. The highest BCUT2D eigenvalue weighted by molar-refractivity contribution is 5.70. The first-order chi connectivity index (χ1) is 10.1. The first-order valence-electron chi connectivity index (χ1n) is 8.42. The van der Waals surface area contributed by atoms with E-state index in [4.69, 9.17) is 0 Å². The zero-order chi connectivity index (χ0) is 15.5. The molecule has 1 N–H and O–H groups in total. The van der Waals surface area contributed by atoms with Gasteiger partial charge in [0.05, 0.1) is 5.92 Å². The smallest absolute Gasteiger partial charge is 0.306 e. The van der Waals surface area contributed by atoms with Crippen molar-refractivity contribution in [3.8, 4) is 0 Å². The minimum atomic E-state index is -0.649. The number of unbranched alkanes of at least 4 members (excludes halogenated alkanes) is 6. The van der Waals surface area contributed by atoms with Gasteiger partial charge in [-0.3, -0.25) is 4.79 Å². The Labute approximate surface area is 129 Å². The molecule has 2 nitrogen and oxygen atoms in total. The molecule has 0 aliphatic carbocycles. The molecule has 0 bridgehead atoms. The van der Waals surface area contributed by atoms with E-state index >= 15 is 0 Å². The standard InChI is InChI=1S/C19H30O2/c1-3-4-5-6-7-8-9-14-18(19(20)21)15-17-13-11-10-12-16(17)2/h10-13,18H,3-9,14-15H2,1-2H3,(H,20,21). The van der Waals surface area contributed by atoms with Crippen molar-refractivity contribution in [3.63, 3.8) is 0 Å². The molecule has 0 aliphatic rings. The Morgan fingerprint density at radius 3 is 2.29 bits per heavy atom. The van der Waals surface area contributed by atoms with Crippen molar-refractivity contribution in [3.05, 3.63) is 35.4 Å². The van der Waals surface area contributed by atoms with Crippen LogP contribution in [0, 0.1) is 12.8 Å². The molecule has 0 amide bonds. The van der Waals surface area contributed by atoms with Crippen LogP contribution in [0.25, 0.3) is 0 Å². The number of hydrogen-bond acceptors (Lipinski definition) is 1. The number of benzene rings is 1. The average molecular weight is 290 g/mol. The first kappa shape index (κ1) is 17.7. The highest BCUT2D eigenvalue weighted by atomic mass is 16.4. The lowest BCUT2D eigenvalue weighted by Crippen LogP contribution is -2.17. The number of aliphatic carboxylic acids is 1. The van der Waals surface area contributed by atoms with Crippen LogP contribution >= 0.6 is 0 Å². The lowest BCUT2D eigenvalue weighted by atomic mass is 9.91. The summed E-state index contributed by atoms with van der Waals surface area (Å²) in [5.41, 5.74) is 2.37. The molecule has 0 saturated heterocycles. The third-order valence-corrected chi connectivity index (χ3v) is 4.23. The molecule has 1 rings (SSSR count). The van der Waals surface area contributed by atoms with E-state index in [0.717, 1.165) is 12.8 Å². The summed E-state index contributed by atoms with van der Waals surface area (Å²) in [5, 5.41) is 9.40. The minimum absolute atomic E-state index is 0.234. The number of rotatable bonds is 11. The summed E-state index contributed by atoms with van der Waals surface area (Å²) in [5.74, 6) is -0.883. The third-order valence-electron chi connectivity index (χ3n) is 4.23. The molecule has 1 atom stereocenters. The van der Waals surface area contributed by atoms with Gasteiger partial charge in [0.25, 0.3) is 0 Å². The second kappa shape index (κ2) is 10.4. The van der Waals surface area contributed by atoms with Crippen molar-refractivity contribution in [1.82, 2.24) is 0 Å². The maximum absolute atomic E-state index is 11.4. The Balaban J connectivity index is 2.31. The largest absolute Gasteiger partial charge is 0.481 e. The van der Waals surface area contributed by atoms with Crippen LogP contribution in [0.4, 0.5) is 0 Å². The summed E-state index contributed by atoms with van der Waals surface area (Å²) in [6.07, 6.45) is 10.1. The maximum Gasteiger partial charge on any atom is 0.306 e. The number of hydrogen-bond donors (Lipinski definition) is 1. The Kier molecular flexibility index (Phi) is 8.80. The molecule has 1 aromatic carbocycles.